The van der Waals surface area contributed by atoms with Gasteiger partial charge >= 0.3 is 0 Å². The van der Waals surface area contributed by atoms with Crippen molar-refractivity contribution in [2.24, 2.45) is 5.92 Å². The molecule has 0 bridgehead atoms. The minimum Gasteiger partial charge on any atom is -0.379 e. The number of piperazine rings is 1. The molecule has 1 aromatic carbocycles. The third-order valence-electron chi connectivity index (χ3n) is 7.46. The molecule has 2 amide bonds. The Morgan fingerprint density at radius 1 is 0.941 bits per heavy atom. The van der Waals surface area contributed by atoms with Crippen LogP contribution in [0.2, 0.25) is 0 Å². The van der Waals surface area contributed by atoms with Crippen LogP contribution in [0.3, 0.4) is 0 Å². The predicted molar refractivity (Wildman–Crippen MR) is 129 cm³/mol. The summed E-state index contributed by atoms with van der Waals surface area (Å²) in [7, 11) is -3.67. The molecular formula is C25H37N3O5S. The molecule has 1 saturated carbocycles. The van der Waals surface area contributed by atoms with Gasteiger partial charge in [-0.05, 0) is 37.0 Å². The van der Waals surface area contributed by atoms with Crippen molar-refractivity contribution in [1.82, 2.24) is 14.1 Å². The Morgan fingerprint density at radius 3 is 2.26 bits per heavy atom. The number of ether oxygens (including phenoxy) is 1. The first-order valence-corrected chi connectivity index (χ1v) is 14.1. The minimum atomic E-state index is -3.67. The molecular weight excluding hydrogens is 454 g/mol. The average molecular weight is 492 g/mol. The highest BCUT2D eigenvalue weighted by Crippen LogP contribution is 2.28. The van der Waals surface area contributed by atoms with Crippen molar-refractivity contribution >= 4 is 21.8 Å². The van der Waals surface area contributed by atoms with E-state index in [4.69, 9.17) is 4.74 Å². The van der Waals surface area contributed by atoms with Crippen molar-refractivity contribution < 1.29 is 22.7 Å². The molecule has 0 N–H and O–H groups in total. The van der Waals surface area contributed by atoms with Crippen molar-refractivity contribution in [3.8, 4) is 0 Å². The van der Waals surface area contributed by atoms with Gasteiger partial charge in [0.2, 0.25) is 15.9 Å². The highest BCUT2D eigenvalue weighted by molar-refractivity contribution is 7.89. The van der Waals surface area contributed by atoms with Gasteiger partial charge in [-0.2, -0.15) is 4.31 Å². The fourth-order valence-electron chi connectivity index (χ4n) is 5.22. The van der Waals surface area contributed by atoms with Gasteiger partial charge in [0.1, 0.15) is 0 Å². The van der Waals surface area contributed by atoms with Crippen LogP contribution >= 0.6 is 0 Å². The molecule has 0 aromatic heterocycles. The summed E-state index contributed by atoms with van der Waals surface area (Å²) in [5.74, 6) is 0.697. The maximum atomic E-state index is 13.3. The molecule has 1 aromatic rings. The number of carbonyl (C=O) groups excluding carboxylic acids is 2. The lowest BCUT2D eigenvalue weighted by atomic mass is 9.86. The molecule has 4 rings (SSSR count). The predicted octanol–water partition coefficient (Wildman–Crippen LogP) is 2.66. The lowest BCUT2D eigenvalue weighted by Crippen LogP contribution is -2.50. The molecule has 1 aliphatic carbocycles. The van der Waals surface area contributed by atoms with Gasteiger partial charge in [0, 0.05) is 51.3 Å². The van der Waals surface area contributed by atoms with Crippen LogP contribution in [0.4, 0.5) is 0 Å². The number of morpholine rings is 1. The van der Waals surface area contributed by atoms with E-state index in [0.29, 0.717) is 70.4 Å². The molecule has 3 aliphatic rings. The van der Waals surface area contributed by atoms with E-state index in [1.165, 1.54) is 42.5 Å². The number of hydrogen-bond acceptors (Lipinski definition) is 5. The van der Waals surface area contributed by atoms with Gasteiger partial charge < -0.3 is 14.5 Å². The third-order valence-corrected chi connectivity index (χ3v) is 9.35. The summed E-state index contributed by atoms with van der Waals surface area (Å²) in [5.41, 5.74) is 1.16. The summed E-state index contributed by atoms with van der Waals surface area (Å²) in [6.07, 6.45) is 7.95. The van der Waals surface area contributed by atoms with Gasteiger partial charge in [0.25, 0.3) is 5.91 Å². The Hall–Kier alpha value is -1.97. The maximum Gasteiger partial charge on any atom is 0.254 e. The Morgan fingerprint density at radius 2 is 1.59 bits per heavy atom. The largest absolute Gasteiger partial charge is 0.379 e. The van der Waals surface area contributed by atoms with Crippen LogP contribution in [0.1, 0.15) is 60.9 Å². The lowest BCUT2D eigenvalue weighted by Gasteiger charge is -2.35. The van der Waals surface area contributed by atoms with E-state index in [2.05, 4.69) is 0 Å². The van der Waals surface area contributed by atoms with Crippen molar-refractivity contribution in [3.05, 3.63) is 29.3 Å². The lowest BCUT2D eigenvalue weighted by molar-refractivity contribution is -0.133. The molecule has 3 fully saturated rings. The second-order valence-electron chi connectivity index (χ2n) is 9.71. The van der Waals surface area contributed by atoms with Gasteiger partial charge in [-0.1, -0.05) is 38.2 Å². The molecule has 2 saturated heterocycles. The molecule has 0 atom stereocenters. The maximum absolute atomic E-state index is 13.3. The van der Waals surface area contributed by atoms with E-state index in [1.807, 2.05) is 11.8 Å². The monoisotopic (exact) mass is 491 g/mol. The minimum absolute atomic E-state index is 0.139. The van der Waals surface area contributed by atoms with Crippen LogP contribution in [0.5, 0.6) is 0 Å². The van der Waals surface area contributed by atoms with Gasteiger partial charge in [-0.15, -0.1) is 0 Å². The van der Waals surface area contributed by atoms with E-state index < -0.39 is 10.0 Å². The van der Waals surface area contributed by atoms with Gasteiger partial charge in [-0.25, -0.2) is 8.42 Å². The number of amides is 2. The molecule has 188 valence electrons. The van der Waals surface area contributed by atoms with Crippen LogP contribution in [-0.4, -0.2) is 86.8 Å². The molecule has 0 radical (unpaired) electrons. The zero-order valence-corrected chi connectivity index (χ0v) is 21.0. The number of rotatable bonds is 6. The molecule has 8 nitrogen and oxygen atoms in total. The summed E-state index contributed by atoms with van der Waals surface area (Å²) >= 11 is 0. The van der Waals surface area contributed by atoms with E-state index in [-0.39, 0.29) is 16.7 Å². The summed E-state index contributed by atoms with van der Waals surface area (Å²) in [6, 6.07) is 4.77. The number of nitrogens with zero attached hydrogens (tertiary/aromatic N) is 3. The van der Waals surface area contributed by atoms with E-state index in [0.717, 1.165) is 12.0 Å². The van der Waals surface area contributed by atoms with Crippen LogP contribution in [-0.2, 0) is 19.6 Å². The van der Waals surface area contributed by atoms with Gasteiger partial charge in [0.05, 0.1) is 18.1 Å². The second-order valence-corrected chi connectivity index (χ2v) is 11.6. The van der Waals surface area contributed by atoms with E-state index >= 15 is 0 Å². The van der Waals surface area contributed by atoms with Crippen molar-refractivity contribution in [3.63, 3.8) is 0 Å². The fourth-order valence-corrected chi connectivity index (χ4v) is 6.65. The number of benzene rings is 1. The first-order chi connectivity index (χ1) is 16.4. The zero-order valence-electron chi connectivity index (χ0n) is 20.2. The van der Waals surface area contributed by atoms with Crippen molar-refractivity contribution in [2.45, 2.75) is 56.8 Å². The van der Waals surface area contributed by atoms with Crippen LogP contribution < -0.4 is 0 Å². The zero-order chi connectivity index (χ0) is 24.1. The standard InChI is InChI=1S/C25H37N3O5S/c1-20-7-9-22(34(31,32)28-15-17-33-18-16-28)19-23(20)25(30)27-13-11-26(12-14-27)24(29)10-8-21-5-3-2-4-6-21/h7,9,19,21H,2-6,8,10-18H2,1H3. The average Bonchev–Trinajstić information content (AvgIpc) is 2.88. The summed E-state index contributed by atoms with van der Waals surface area (Å²) in [4.78, 5) is 29.7. The molecule has 2 aliphatic heterocycles. The second kappa shape index (κ2) is 11.2. The number of aryl methyl sites for hydroxylation is 1. The third kappa shape index (κ3) is 5.80. The number of sulfonamides is 1. The fraction of sp³-hybridized carbons (Fsp3) is 0.680. The number of carbonyl (C=O) groups is 2. The SMILES string of the molecule is Cc1ccc(S(=O)(=O)N2CCOCC2)cc1C(=O)N1CCN(C(=O)CCC2CCCCC2)CC1. The molecule has 0 spiro atoms. The molecule has 0 unspecified atom stereocenters. The summed E-state index contributed by atoms with van der Waals surface area (Å²) in [5, 5.41) is 0. The van der Waals surface area contributed by atoms with Crippen LogP contribution in [0, 0.1) is 12.8 Å². The molecule has 2 heterocycles. The highest BCUT2D eigenvalue weighted by atomic mass is 32.2. The Bertz CT molecular complexity index is 976. The normalized spacial score (nSPS) is 21.0. The first-order valence-electron chi connectivity index (χ1n) is 12.6. The van der Waals surface area contributed by atoms with Gasteiger partial charge in [-0.3, -0.25) is 9.59 Å². The van der Waals surface area contributed by atoms with Crippen LogP contribution in [0.25, 0.3) is 0 Å². The quantitative estimate of drug-likeness (QED) is 0.611. The van der Waals surface area contributed by atoms with E-state index in [9.17, 15) is 18.0 Å². The highest BCUT2D eigenvalue weighted by Gasteiger charge is 2.30. The van der Waals surface area contributed by atoms with Crippen LogP contribution in [0.15, 0.2) is 23.1 Å². The Balaban J connectivity index is 1.35. The summed E-state index contributed by atoms with van der Waals surface area (Å²) in [6.45, 7) is 5.19. The van der Waals surface area contributed by atoms with Crippen molar-refractivity contribution in [2.75, 3.05) is 52.5 Å². The smallest absolute Gasteiger partial charge is 0.254 e. The van der Waals surface area contributed by atoms with Crippen molar-refractivity contribution in [1.29, 1.82) is 0 Å². The first kappa shape index (κ1) is 25.1. The number of hydrogen-bond donors (Lipinski definition) is 0. The molecule has 9 heteroatoms. The molecule has 34 heavy (non-hydrogen) atoms. The topological polar surface area (TPSA) is 87.2 Å². The van der Waals surface area contributed by atoms with E-state index in [1.54, 1.807) is 17.0 Å². The Kier molecular flexibility index (Phi) is 8.26. The van der Waals surface area contributed by atoms with Gasteiger partial charge in [0.15, 0.2) is 0 Å². The Labute approximate surface area is 203 Å². The summed E-state index contributed by atoms with van der Waals surface area (Å²) < 4.78 is 32.8.